The molecule has 1 aromatic heterocycles. The van der Waals surface area contributed by atoms with E-state index in [1.165, 1.54) is 26.9 Å². The highest BCUT2D eigenvalue weighted by Gasteiger charge is 2.21. The van der Waals surface area contributed by atoms with Crippen LogP contribution in [0.5, 0.6) is 17.2 Å². The van der Waals surface area contributed by atoms with E-state index in [0.29, 0.717) is 28.6 Å². The number of anilines is 1. The van der Waals surface area contributed by atoms with Crippen LogP contribution in [0.4, 0.5) is 5.82 Å². The van der Waals surface area contributed by atoms with E-state index in [9.17, 15) is 4.79 Å². The van der Waals surface area contributed by atoms with Crippen molar-refractivity contribution in [2.75, 3.05) is 26.6 Å². The van der Waals surface area contributed by atoms with Gasteiger partial charge in [0.1, 0.15) is 5.82 Å². The van der Waals surface area contributed by atoms with E-state index in [2.05, 4.69) is 22.4 Å². The normalized spacial score (nSPS) is 10.3. The third kappa shape index (κ3) is 4.85. The lowest BCUT2D eigenvalue weighted by Crippen LogP contribution is -2.15. The third-order valence-electron chi connectivity index (χ3n) is 4.56. The number of aromatic nitrogens is 1. The van der Waals surface area contributed by atoms with Crippen molar-refractivity contribution in [1.82, 2.24) is 4.98 Å². The minimum Gasteiger partial charge on any atom is -0.493 e. The molecule has 0 aliphatic carbocycles. The zero-order valence-electron chi connectivity index (χ0n) is 16.8. The second kappa shape index (κ2) is 9.59. The summed E-state index contributed by atoms with van der Waals surface area (Å²) in [5.41, 5.74) is 2.70. The number of carbonyl (C=O) groups is 1. The summed E-state index contributed by atoms with van der Waals surface area (Å²) in [4.78, 5) is 17.1. The number of hydrogen-bond acceptors (Lipinski definition) is 5. The molecule has 29 heavy (non-hydrogen) atoms. The molecule has 0 aliphatic heterocycles. The van der Waals surface area contributed by atoms with Crippen LogP contribution < -0.4 is 19.5 Å². The Bertz CT molecular complexity index is 974. The van der Waals surface area contributed by atoms with Gasteiger partial charge in [-0.2, -0.15) is 0 Å². The summed E-state index contributed by atoms with van der Waals surface area (Å²) in [5.74, 6) is 1.31. The predicted molar refractivity (Wildman–Crippen MR) is 112 cm³/mol. The molecule has 0 saturated heterocycles. The van der Waals surface area contributed by atoms with Crippen LogP contribution in [0.2, 0.25) is 0 Å². The lowest BCUT2D eigenvalue weighted by atomic mass is 10.1. The zero-order chi connectivity index (χ0) is 20.6. The van der Waals surface area contributed by atoms with Crippen LogP contribution in [0, 0.1) is 0 Å². The summed E-state index contributed by atoms with van der Waals surface area (Å²) >= 11 is 0. The molecule has 1 heterocycles. The quantitative estimate of drug-likeness (QED) is 0.624. The van der Waals surface area contributed by atoms with Crippen LogP contribution in [-0.4, -0.2) is 32.2 Å². The van der Waals surface area contributed by atoms with Crippen molar-refractivity contribution in [1.29, 1.82) is 0 Å². The van der Waals surface area contributed by atoms with E-state index in [-0.39, 0.29) is 5.91 Å². The largest absolute Gasteiger partial charge is 0.493 e. The second-order valence-corrected chi connectivity index (χ2v) is 6.37. The molecule has 3 rings (SSSR count). The predicted octanol–water partition coefficient (Wildman–Crippen LogP) is 4.14. The van der Waals surface area contributed by atoms with Crippen LogP contribution in [0.3, 0.4) is 0 Å². The molecular formula is C23H24N2O4. The minimum atomic E-state index is -0.337. The van der Waals surface area contributed by atoms with Crippen molar-refractivity contribution >= 4 is 11.7 Å². The van der Waals surface area contributed by atoms with E-state index in [0.717, 1.165) is 18.4 Å². The van der Waals surface area contributed by atoms with Gasteiger partial charge in [-0.25, -0.2) is 4.98 Å². The molecule has 6 heteroatoms. The summed E-state index contributed by atoms with van der Waals surface area (Å²) in [6.07, 6.45) is 3.47. The fourth-order valence-corrected chi connectivity index (χ4v) is 3.10. The van der Waals surface area contributed by atoms with Gasteiger partial charge in [-0.05, 0) is 48.2 Å². The second-order valence-electron chi connectivity index (χ2n) is 6.37. The van der Waals surface area contributed by atoms with E-state index >= 15 is 0 Å². The smallest absolute Gasteiger partial charge is 0.260 e. The van der Waals surface area contributed by atoms with Crippen molar-refractivity contribution < 1.29 is 19.0 Å². The molecule has 0 bridgehead atoms. The number of pyridine rings is 1. The maximum atomic E-state index is 12.8. The van der Waals surface area contributed by atoms with Crippen molar-refractivity contribution in [3.63, 3.8) is 0 Å². The molecule has 0 radical (unpaired) electrons. The molecule has 0 spiro atoms. The minimum absolute atomic E-state index is 0.310. The number of nitrogens with zero attached hydrogens (tertiary/aromatic N) is 1. The Morgan fingerprint density at radius 3 is 2.28 bits per heavy atom. The van der Waals surface area contributed by atoms with Gasteiger partial charge in [0, 0.05) is 6.20 Å². The molecule has 150 valence electrons. The van der Waals surface area contributed by atoms with E-state index in [4.69, 9.17) is 14.2 Å². The number of benzene rings is 2. The van der Waals surface area contributed by atoms with Crippen molar-refractivity contribution in [3.8, 4) is 17.2 Å². The summed E-state index contributed by atoms with van der Waals surface area (Å²) in [6.45, 7) is 0. The first-order valence-electron chi connectivity index (χ1n) is 9.25. The SMILES string of the molecule is COc1ccc(C(=O)Nc2cc(CCc3ccccc3)ccn2)c(OC)c1OC. The molecule has 6 nitrogen and oxygen atoms in total. The van der Waals surface area contributed by atoms with Crippen LogP contribution in [0.1, 0.15) is 21.5 Å². The van der Waals surface area contributed by atoms with E-state index in [1.54, 1.807) is 18.3 Å². The summed E-state index contributed by atoms with van der Waals surface area (Å²) in [7, 11) is 4.51. The lowest BCUT2D eigenvalue weighted by Gasteiger charge is -2.15. The highest BCUT2D eigenvalue weighted by atomic mass is 16.5. The summed E-state index contributed by atoms with van der Waals surface area (Å²) in [5, 5.41) is 2.83. The standard InChI is InChI=1S/C23H24N2O4/c1-27-19-12-11-18(21(28-2)22(19)29-3)23(26)25-20-15-17(13-14-24-20)10-9-16-7-5-4-6-8-16/h4-8,11-15H,9-10H2,1-3H3,(H,24,25,26). The highest BCUT2D eigenvalue weighted by molar-refractivity contribution is 6.06. The van der Waals surface area contributed by atoms with Gasteiger partial charge in [-0.3, -0.25) is 4.79 Å². The first-order valence-corrected chi connectivity index (χ1v) is 9.25. The fourth-order valence-electron chi connectivity index (χ4n) is 3.10. The van der Waals surface area contributed by atoms with E-state index in [1.807, 2.05) is 30.3 Å². The van der Waals surface area contributed by atoms with E-state index < -0.39 is 0 Å². The number of methoxy groups -OCH3 is 3. The summed E-state index contributed by atoms with van der Waals surface area (Å²) in [6, 6.07) is 17.4. The maximum Gasteiger partial charge on any atom is 0.260 e. The van der Waals surface area contributed by atoms with Gasteiger partial charge in [0.2, 0.25) is 5.75 Å². The molecule has 0 unspecified atom stereocenters. The van der Waals surface area contributed by atoms with Crippen LogP contribution >= 0.6 is 0 Å². The van der Waals surface area contributed by atoms with Crippen LogP contribution in [0.15, 0.2) is 60.8 Å². The lowest BCUT2D eigenvalue weighted by molar-refractivity contribution is 0.102. The number of aryl methyl sites for hydroxylation is 2. The third-order valence-corrected chi connectivity index (χ3v) is 4.56. The maximum absolute atomic E-state index is 12.8. The molecule has 1 amide bonds. The number of carbonyl (C=O) groups excluding carboxylic acids is 1. The van der Waals surface area contributed by atoms with Gasteiger partial charge in [0.05, 0.1) is 26.9 Å². The molecule has 0 atom stereocenters. The number of nitrogens with one attached hydrogen (secondary N) is 1. The Kier molecular flexibility index (Phi) is 6.68. The molecule has 0 aliphatic rings. The van der Waals surface area contributed by atoms with Gasteiger partial charge in [0.25, 0.3) is 5.91 Å². The van der Waals surface area contributed by atoms with Crippen molar-refractivity contribution in [2.24, 2.45) is 0 Å². The van der Waals surface area contributed by atoms with Gasteiger partial charge < -0.3 is 19.5 Å². The fraction of sp³-hybridized carbons (Fsp3) is 0.217. The molecule has 0 fully saturated rings. The van der Waals surface area contributed by atoms with Gasteiger partial charge in [0.15, 0.2) is 11.5 Å². The first-order chi connectivity index (χ1) is 14.2. The van der Waals surface area contributed by atoms with Crippen molar-refractivity contribution in [3.05, 3.63) is 77.5 Å². The van der Waals surface area contributed by atoms with Crippen LogP contribution in [0.25, 0.3) is 0 Å². The molecule has 2 aromatic carbocycles. The Morgan fingerprint density at radius 2 is 1.59 bits per heavy atom. The molecule has 3 aromatic rings. The van der Waals surface area contributed by atoms with Crippen molar-refractivity contribution in [2.45, 2.75) is 12.8 Å². The number of hydrogen-bond donors (Lipinski definition) is 1. The van der Waals surface area contributed by atoms with Gasteiger partial charge in [-0.15, -0.1) is 0 Å². The average Bonchev–Trinajstić information content (AvgIpc) is 2.77. The number of rotatable bonds is 8. The average molecular weight is 392 g/mol. The Labute approximate surface area is 170 Å². The van der Waals surface area contributed by atoms with Gasteiger partial charge >= 0.3 is 0 Å². The highest BCUT2D eigenvalue weighted by Crippen LogP contribution is 2.39. The molecule has 0 saturated carbocycles. The number of amides is 1. The Morgan fingerprint density at radius 1 is 0.862 bits per heavy atom. The monoisotopic (exact) mass is 392 g/mol. The molecular weight excluding hydrogens is 368 g/mol. The molecule has 1 N–H and O–H groups in total. The number of ether oxygens (including phenoxy) is 3. The van der Waals surface area contributed by atoms with Crippen LogP contribution in [-0.2, 0) is 12.8 Å². The van der Waals surface area contributed by atoms with Gasteiger partial charge in [-0.1, -0.05) is 30.3 Å². The summed E-state index contributed by atoms with van der Waals surface area (Å²) < 4.78 is 16.0. The first kappa shape index (κ1) is 20.2. The topological polar surface area (TPSA) is 69.7 Å². The Balaban J connectivity index is 1.76. The zero-order valence-corrected chi connectivity index (χ0v) is 16.8. The Hall–Kier alpha value is -3.54.